The first-order valence-corrected chi connectivity index (χ1v) is 10.4. The van der Waals surface area contributed by atoms with Crippen molar-refractivity contribution in [2.75, 3.05) is 17.1 Å². The Bertz CT molecular complexity index is 1160. The molecule has 29 heavy (non-hydrogen) atoms. The minimum atomic E-state index is -3.92. The molecule has 152 valence electrons. The van der Waals surface area contributed by atoms with Gasteiger partial charge in [-0.15, -0.1) is 0 Å². The number of hydrogen-bond donors (Lipinski definition) is 2. The van der Waals surface area contributed by atoms with Gasteiger partial charge in [-0.25, -0.2) is 22.2 Å². The van der Waals surface area contributed by atoms with Gasteiger partial charge < -0.3 is 10.1 Å². The molecule has 0 aliphatic heterocycles. The molecule has 0 aliphatic carbocycles. The van der Waals surface area contributed by atoms with Crippen molar-refractivity contribution < 1.29 is 26.7 Å². The van der Waals surface area contributed by atoms with E-state index < -0.39 is 27.6 Å². The van der Waals surface area contributed by atoms with Gasteiger partial charge in [0.05, 0.1) is 17.7 Å². The lowest BCUT2D eigenvalue weighted by molar-refractivity contribution is 0.102. The maximum absolute atomic E-state index is 13.3. The van der Waals surface area contributed by atoms with Crippen LogP contribution in [-0.2, 0) is 10.0 Å². The molecule has 3 rings (SSSR count). The van der Waals surface area contributed by atoms with Gasteiger partial charge in [0.15, 0.2) is 16.8 Å². The Morgan fingerprint density at radius 3 is 2.41 bits per heavy atom. The second-order valence-corrected chi connectivity index (χ2v) is 8.48. The third-order valence-corrected chi connectivity index (χ3v) is 6.33. The van der Waals surface area contributed by atoms with Crippen LogP contribution in [0.4, 0.5) is 19.6 Å². The summed E-state index contributed by atoms with van der Waals surface area (Å²) in [7, 11) is -2.45. The third-order valence-electron chi connectivity index (χ3n) is 3.77. The van der Waals surface area contributed by atoms with E-state index in [4.69, 9.17) is 4.74 Å². The van der Waals surface area contributed by atoms with Crippen LogP contribution in [0.15, 0.2) is 47.4 Å². The molecule has 0 spiro atoms. The fraction of sp³-hybridized carbons (Fsp3) is 0.111. The molecule has 2 aromatic carbocycles. The van der Waals surface area contributed by atoms with Crippen molar-refractivity contribution in [1.82, 2.24) is 4.98 Å². The summed E-state index contributed by atoms with van der Waals surface area (Å²) in [6.45, 7) is 1.53. The first-order chi connectivity index (χ1) is 13.7. The topological polar surface area (TPSA) is 97.4 Å². The number of benzene rings is 2. The quantitative estimate of drug-likeness (QED) is 0.609. The molecule has 1 amide bonds. The zero-order chi connectivity index (χ0) is 21.2. The minimum Gasteiger partial charge on any atom is -0.497 e. The summed E-state index contributed by atoms with van der Waals surface area (Å²) in [6, 6.07) is 8.69. The molecule has 0 unspecified atom stereocenters. The van der Waals surface area contributed by atoms with E-state index in [1.165, 1.54) is 44.4 Å². The highest BCUT2D eigenvalue weighted by Crippen LogP contribution is 2.27. The molecule has 0 bridgehead atoms. The molecule has 1 aromatic heterocycles. The number of ether oxygens (including phenoxy) is 1. The number of anilines is 2. The summed E-state index contributed by atoms with van der Waals surface area (Å²) < 4.78 is 58.6. The highest BCUT2D eigenvalue weighted by Gasteiger charge is 2.21. The summed E-state index contributed by atoms with van der Waals surface area (Å²) in [4.78, 5) is 16.6. The molecular weight excluding hydrogens is 424 g/mol. The SMILES string of the molecule is COc1ccc(S(=O)(=O)Nc2nc(C)c(C(=O)Nc3ccc(F)c(F)c3)s2)cc1. The van der Waals surface area contributed by atoms with Crippen molar-refractivity contribution in [2.24, 2.45) is 0 Å². The summed E-state index contributed by atoms with van der Waals surface area (Å²) in [5.41, 5.74) is 0.338. The first kappa shape index (κ1) is 20.7. The minimum absolute atomic E-state index is 0.000980. The van der Waals surface area contributed by atoms with Crippen molar-refractivity contribution >= 4 is 38.1 Å². The normalized spacial score (nSPS) is 11.2. The number of nitrogens with one attached hydrogen (secondary N) is 2. The van der Waals surface area contributed by atoms with Gasteiger partial charge in [0.1, 0.15) is 10.6 Å². The summed E-state index contributed by atoms with van der Waals surface area (Å²) >= 11 is 0.817. The second-order valence-electron chi connectivity index (χ2n) is 5.80. The van der Waals surface area contributed by atoms with Gasteiger partial charge >= 0.3 is 0 Å². The zero-order valence-corrected chi connectivity index (χ0v) is 16.8. The number of thiazole rings is 1. The first-order valence-electron chi connectivity index (χ1n) is 8.10. The monoisotopic (exact) mass is 439 g/mol. The van der Waals surface area contributed by atoms with Crippen molar-refractivity contribution in [3.63, 3.8) is 0 Å². The molecule has 0 radical (unpaired) electrons. The number of hydrogen-bond acceptors (Lipinski definition) is 6. The molecule has 0 aliphatic rings. The Morgan fingerprint density at radius 1 is 1.10 bits per heavy atom. The summed E-state index contributed by atoms with van der Waals surface area (Å²) in [6.07, 6.45) is 0. The van der Waals surface area contributed by atoms with E-state index in [1.807, 2.05) is 0 Å². The number of rotatable bonds is 6. The highest BCUT2D eigenvalue weighted by molar-refractivity contribution is 7.93. The Labute approximate surface area is 169 Å². The fourth-order valence-corrected chi connectivity index (χ4v) is 4.44. The third kappa shape index (κ3) is 4.69. The van der Waals surface area contributed by atoms with Crippen LogP contribution >= 0.6 is 11.3 Å². The van der Waals surface area contributed by atoms with Crippen LogP contribution in [0.1, 0.15) is 15.4 Å². The molecule has 7 nitrogen and oxygen atoms in total. The molecule has 1 heterocycles. The van der Waals surface area contributed by atoms with Crippen molar-refractivity contribution in [2.45, 2.75) is 11.8 Å². The van der Waals surface area contributed by atoms with Crippen LogP contribution in [0.3, 0.4) is 0 Å². The number of nitrogens with zero attached hydrogens (tertiary/aromatic N) is 1. The van der Waals surface area contributed by atoms with Crippen LogP contribution in [0, 0.1) is 18.6 Å². The number of aromatic nitrogens is 1. The van der Waals surface area contributed by atoms with Gasteiger partial charge in [0.25, 0.3) is 15.9 Å². The zero-order valence-electron chi connectivity index (χ0n) is 15.2. The molecular formula is C18H15F2N3O4S2. The Morgan fingerprint density at radius 2 is 1.79 bits per heavy atom. The molecule has 0 fully saturated rings. The smallest absolute Gasteiger partial charge is 0.267 e. The molecule has 0 atom stereocenters. The van der Waals surface area contributed by atoms with Gasteiger partial charge in [-0.1, -0.05) is 11.3 Å². The van der Waals surface area contributed by atoms with Crippen molar-refractivity contribution in [3.05, 3.63) is 64.7 Å². The molecule has 3 aromatic rings. The van der Waals surface area contributed by atoms with Crippen molar-refractivity contribution in [3.8, 4) is 5.75 Å². The number of sulfonamides is 1. The van der Waals surface area contributed by atoms with E-state index in [-0.39, 0.29) is 26.3 Å². The number of carbonyl (C=O) groups is 1. The molecule has 2 N–H and O–H groups in total. The number of methoxy groups -OCH3 is 1. The second kappa shape index (κ2) is 8.13. The van der Waals surface area contributed by atoms with Crippen molar-refractivity contribution in [1.29, 1.82) is 0 Å². The standard InChI is InChI=1S/C18H15F2N3O4S2/c1-10-16(17(24)22-11-3-8-14(19)15(20)9-11)28-18(21-10)23-29(25,26)13-6-4-12(27-2)5-7-13/h3-9H,1-2H3,(H,21,23)(H,22,24). The number of halogens is 2. The lowest BCUT2D eigenvalue weighted by Crippen LogP contribution is -2.12. The number of amides is 1. The van der Waals surface area contributed by atoms with Gasteiger partial charge in [-0.05, 0) is 43.3 Å². The van der Waals surface area contributed by atoms with Crippen LogP contribution in [0.2, 0.25) is 0 Å². The van der Waals surface area contributed by atoms with E-state index in [1.54, 1.807) is 0 Å². The van der Waals surface area contributed by atoms with Gasteiger partial charge in [0.2, 0.25) is 0 Å². The van der Waals surface area contributed by atoms with Gasteiger partial charge in [0, 0.05) is 11.8 Å². The van der Waals surface area contributed by atoms with E-state index in [0.29, 0.717) is 5.75 Å². The average Bonchev–Trinajstić information content (AvgIpc) is 3.04. The Hall–Kier alpha value is -3.05. The lowest BCUT2D eigenvalue weighted by atomic mass is 10.3. The fourth-order valence-electron chi connectivity index (χ4n) is 2.34. The Kier molecular flexibility index (Phi) is 5.80. The largest absolute Gasteiger partial charge is 0.497 e. The lowest BCUT2D eigenvalue weighted by Gasteiger charge is -2.06. The predicted molar refractivity (Wildman–Crippen MR) is 105 cm³/mol. The molecule has 0 saturated heterocycles. The van der Waals surface area contributed by atoms with Crippen LogP contribution < -0.4 is 14.8 Å². The summed E-state index contributed by atoms with van der Waals surface area (Å²) in [5, 5.41) is 2.42. The van der Waals surface area contributed by atoms with Crippen LogP contribution in [0.5, 0.6) is 5.75 Å². The molecule has 0 saturated carbocycles. The number of aryl methyl sites for hydroxylation is 1. The Balaban J connectivity index is 1.78. The molecule has 11 heteroatoms. The maximum atomic E-state index is 13.3. The average molecular weight is 439 g/mol. The summed E-state index contributed by atoms with van der Waals surface area (Å²) in [5.74, 6) is -2.25. The van der Waals surface area contributed by atoms with E-state index in [9.17, 15) is 22.0 Å². The van der Waals surface area contributed by atoms with E-state index >= 15 is 0 Å². The predicted octanol–water partition coefficient (Wildman–Crippen LogP) is 3.79. The van der Waals surface area contributed by atoms with Crippen LogP contribution in [-0.4, -0.2) is 26.4 Å². The number of carbonyl (C=O) groups excluding carboxylic acids is 1. The van der Waals surface area contributed by atoms with Crippen LogP contribution in [0.25, 0.3) is 0 Å². The van der Waals surface area contributed by atoms with Gasteiger partial charge in [-0.3, -0.25) is 9.52 Å². The maximum Gasteiger partial charge on any atom is 0.267 e. The van der Waals surface area contributed by atoms with E-state index in [0.717, 1.165) is 23.5 Å². The van der Waals surface area contributed by atoms with E-state index in [2.05, 4.69) is 15.0 Å². The van der Waals surface area contributed by atoms with Gasteiger partial charge in [-0.2, -0.15) is 0 Å². The highest BCUT2D eigenvalue weighted by atomic mass is 32.2.